The van der Waals surface area contributed by atoms with Gasteiger partial charge in [-0.1, -0.05) is 17.7 Å². The molecule has 0 amide bonds. The summed E-state index contributed by atoms with van der Waals surface area (Å²) in [6, 6.07) is 8.17. The number of rotatable bonds is 5. The molecule has 0 spiro atoms. The van der Waals surface area contributed by atoms with Crippen molar-refractivity contribution in [1.29, 1.82) is 0 Å². The van der Waals surface area contributed by atoms with Gasteiger partial charge in [0.05, 0.1) is 5.69 Å². The molecule has 1 aromatic heterocycles. The van der Waals surface area contributed by atoms with Crippen molar-refractivity contribution in [1.82, 2.24) is 4.98 Å². The molecule has 1 heterocycles. The van der Waals surface area contributed by atoms with E-state index in [2.05, 4.69) is 19.1 Å². The summed E-state index contributed by atoms with van der Waals surface area (Å²) >= 11 is 1.70. The van der Waals surface area contributed by atoms with E-state index in [0.29, 0.717) is 12.5 Å². The lowest BCUT2D eigenvalue weighted by Crippen LogP contribution is -2.05. The van der Waals surface area contributed by atoms with Crippen LogP contribution in [0.15, 0.2) is 24.3 Å². The minimum atomic E-state index is 0.0659. The van der Waals surface area contributed by atoms with Crippen molar-refractivity contribution in [3.05, 3.63) is 45.4 Å². The van der Waals surface area contributed by atoms with E-state index in [9.17, 15) is 0 Å². The molecule has 0 saturated heterocycles. The van der Waals surface area contributed by atoms with Gasteiger partial charge in [-0.3, -0.25) is 0 Å². The molecule has 20 heavy (non-hydrogen) atoms. The van der Waals surface area contributed by atoms with Crippen molar-refractivity contribution in [2.45, 2.75) is 45.3 Å². The Morgan fingerprint density at radius 2 is 2.05 bits per heavy atom. The van der Waals surface area contributed by atoms with Gasteiger partial charge < -0.3 is 10.5 Å². The molecule has 1 saturated carbocycles. The number of thiazole rings is 1. The van der Waals surface area contributed by atoms with Crippen molar-refractivity contribution >= 4 is 11.3 Å². The molecule has 3 nitrogen and oxygen atoms in total. The maximum absolute atomic E-state index is 6.05. The van der Waals surface area contributed by atoms with Gasteiger partial charge in [0.15, 0.2) is 0 Å². The van der Waals surface area contributed by atoms with E-state index in [-0.39, 0.29) is 6.04 Å². The van der Waals surface area contributed by atoms with Gasteiger partial charge in [-0.05, 0) is 38.8 Å². The third kappa shape index (κ3) is 3.02. The summed E-state index contributed by atoms with van der Waals surface area (Å²) in [7, 11) is 0. The number of nitrogens with two attached hydrogens (primary N) is 1. The van der Waals surface area contributed by atoms with Crippen molar-refractivity contribution in [2.75, 3.05) is 0 Å². The Balaban J connectivity index is 1.71. The highest BCUT2D eigenvalue weighted by atomic mass is 32.1. The van der Waals surface area contributed by atoms with E-state index < -0.39 is 0 Å². The molecular formula is C16H20N2OS. The normalized spacial score (nSPS) is 16.1. The van der Waals surface area contributed by atoms with Crippen LogP contribution in [0.4, 0.5) is 0 Å². The van der Waals surface area contributed by atoms with Crippen molar-refractivity contribution in [3.8, 4) is 5.75 Å². The smallest absolute Gasteiger partial charge is 0.140 e. The molecule has 1 atom stereocenters. The molecule has 3 rings (SSSR count). The predicted molar refractivity (Wildman–Crippen MR) is 82.2 cm³/mol. The molecule has 0 aliphatic heterocycles. The molecule has 1 aliphatic rings. The van der Waals surface area contributed by atoms with Crippen LogP contribution in [0.2, 0.25) is 0 Å². The second-order valence-corrected chi connectivity index (χ2v) is 6.64. The molecule has 1 aliphatic carbocycles. The van der Waals surface area contributed by atoms with Crippen LogP contribution < -0.4 is 10.5 Å². The number of hydrogen-bond donors (Lipinski definition) is 1. The fourth-order valence-electron chi connectivity index (χ4n) is 2.21. The summed E-state index contributed by atoms with van der Waals surface area (Å²) in [5.74, 6) is 1.53. The lowest BCUT2D eigenvalue weighted by atomic mass is 10.2. The average molecular weight is 288 g/mol. The maximum Gasteiger partial charge on any atom is 0.140 e. The fraction of sp³-hybridized carbons (Fsp3) is 0.438. The van der Waals surface area contributed by atoms with Crippen LogP contribution in [0.1, 0.15) is 52.9 Å². The number of hydrogen-bond acceptors (Lipinski definition) is 4. The van der Waals surface area contributed by atoms with Crippen LogP contribution in [0, 0.1) is 6.92 Å². The summed E-state index contributed by atoms with van der Waals surface area (Å²) in [4.78, 5) is 5.97. The van der Waals surface area contributed by atoms with Gasteiger partial charge in [0.25, 0.3) is 0 Å². The largest absolute Gasteiger partial charge is 0.486 e. The first-order chi connectivity index (χ1) is 9.63. The Kier molecular flexibility index (Phi) is 3.76. The number of aromatic nitrogens is 1. The van der Waals surface area contributed by atoms with Crippen molar-refractivity contribution in [2.24, 2.45) is 5.73 Å². The predicted octanol–water partition coefficient (Wildman–Crippen LogP) is 3.93. The lowest BCUT2D eigenvalue weighted by molar-refractivity contribution is 0.305. The lowest BCUT2D eigenvalue weighted by Gasteiger charge is -2.04. The summed E-state index contributed by atoms with van der Waals surface area (Å²) < 4.78 is 5.80. The molecule has 2 N–H and O–H groups in total. The zero-order valence-electron chi connectivity index (χ0n) is 11.9. The highest BCUT2D eigenvalue weighted by Gasteiger charge is 2.30. The summed E-state index contributed by atoms with van der Waals surface area (Å²) in [5.41, 5.74) is 8.50. The maximum atomic E-state index is 6.05. The quantitative estimate of drug-likeness (QED) is 0.907. The van der Waals surface area contributed by atoms with Crippen LogP contribution >= 0.6 is 11.3 Å². The SMILES string of the molecule is Cc1ccc(OCc2nc(C3CC3)c(C(C)N)s2)cc1. The Morgan fingerprint density at radius 1 is 1.35 bits per heavy atom. The molecule has 106 valence electrons. The van der Waals surface area contributed by atoms with Gasteiger partial charge in [0.2, 0.25) is 0 Å². The van der Waals surface area contributed by atoms with Crippen LogP contribution in [0.25, 0.3) is 0 Å². The summed E-state index contributed by atoms with van der Waals surface area (Å²) in [5, 5.41) is 1.03. The Bertz CT molecular complexity index is 566. The van der Waals surface area contributed by atoms with Gasteiger partial charge in [-0.25, -0.2) is 4.98 Å². The van der Waals surface area contributed by atoms with Gasteiger partial charge in [-0.15, -0.1) is 11.3 Å². The number of ether oxygens (including phenoxy) is 1. The molecule has 1 unspecified atom stereocenters. The van der Waals surface area contributed by atoms with E-state index in [1.54, 1.807) is 11.3 Å². The van der Waals surface area contributed by atoms with E-state index in [4.69, 9.17) is 15.5 Å². The first-order valence-electron chi connectivity index (χ1n) is 7.08. The first kappa shape index (κ1) is 13.6. The minimum Gasteiger partial charge on any atom is -0.486 e. The minimum absolute atomic E-state index is 0.0659. The van der Waals surface area contributed by atoms with E-state index in [1.807, 2.05) is 19.1 Å². The number of aryl methyl sites for hydroxylation is 1. The van der Waals surface area contributed by atoms with Crippen LogP contribution in [0.5, 0.6) is 5.75 Å². The van der Waals surface area contributed by atoms with E-state index in [1.165, 1.54) is 29.0 Å². The highest BCUT2D eigenvalue weighted by Crippen LogP contribution is 2.44. The molecule has 0 radical (unpaired) electrons. The summed E-state index contributed by atoms with van der Waals surface area (Å²) in [6.45, 7) is 4.63. The molecular weight excluding hydrogens is 268 g/mol. The van der Waals surface area contributed by atoms with Gasteiger partial charge in [-0.2, -0.15) is 0 Å². The van der Waals surface area contributed by atoms with Gasteiger partial charge in [0, 0.05) is 16.8 Å². The van der Waals surface area contributed by atoms with E-state index >= 15 is 0 Å². The zero-order chi connectivity index (χ0) is 14.1. The van der Waals surface area contributed by atoms with Crippen LogP contribution in [-0.2, 0) is 6.61 Å². The summed E-state index contributed by atoms with van der Waals surface area (Å²) in [6.07, 6.45) is 2.50. The second-order valence-electron chi connectivity index (χ2n) is 5.52. The average Bonchev–Trinajstić information content (AvgIpc) is 3.18. The Hall–Kier alpha value is -1.39. The molecule has 2 aromatic rings. The third-order valence-corrected chi connectivity index (χ3v) is 4.73. The van der Waals surface area contributed by atoms with E-state index in [0.717, 1.165) is 10.8 Å². The first-order valence-corrected chi connectivity index (χ1v) is 7.89. The van der Waals surface area contributed by atoms with Gasteiger partial charge >= 0.3 is 0 Å². The van der Waals surface area contributed by atoms with Gasteiger partial charge in [0.1, 0.15) is 17.4 Å². The van der Waals surface area contributed by atoms with Crippen molar-refractivity contribution in [3.63, 3.8) is 0 Å². The Morgan fingerprint density at radius 3 is 2.65 bits per heavy atom. The molecule has 0 bridgehead atoms. The monoisotopic (exact) mass is 288 g/mol. The number of nitrogens with zero attached hydrogens (tertiary/aromatic N) is 1. The molecule has 4 heteroatoms. The molecule has 1 aromatic carbocycles. The fourth-order valence-corrected chi connectivity index (χ4v) is 3.23. The zero-order valence-corrected chi connectivity index (χ0v) is 12.7. The van der Waals surface area contributed by atoms with Crippen LogP contribution in [-0.4, -0.2) is 4.98 Å². The molecule has 1 fully saturated rings. The van der Waals surface area contributed by atoms with Crippen LogP contribution in [0.3, 0.4) is 0 Å². The highest BCUT2D eigenvalue weighted by molar-refractivity contribution is 7.11. The number of benzene rings is 1. The second kappa shape index (κ2) is 5.54. The van der Waals surface area contributed by atoms with Crippen molar-refractivity contribution < 1.29 is 4.74 Å². The Labute approximate surface area is 123 Å². The third-order valence-electron chi connectivity index (χ3n) is 3.49. The topological polar surface area (TPSA) is 48.1 Å². The standard InChI is InChI=1S/C16H20N2OS/c1-10-3-7-13(8-4-10)19-9-14-18-15(12-5-6-12)16(20-14)11(2)17/h3-4,7-8,11-12H,5-6,9,17H2,1-2H3.